The summed E-state index contributed by atoms with van der Waals surface area (Å²) in [6.45, 7) is 7.58. The fraction of sp³-hybridized carbons (Fsp3) is 0.615. The van der Waals surface area contributed by atoms with Crippen LogP contribution in [-0.2, 0) is 4.74 Å². The number of nitrogens with zero attached hydrogens (tertiary/aromatic N) is 1. The van der Waals surface area contributed by atoms with Crippen molar-refractivity contribution in [3.63, 3.8) is 0 Å². The number of hydrogen-bond acceptors (Lipinski definition) is 4. The minimum absolute atomic E-state index is 0.134. The second-order valence-corrected chi connectivity index (χ2v) is 5.59. The van der Waals surface area contributed by atoms with Gasteiger partial charge in [0.25, 0.3) is 0 Å². The number of rotatable bonds is 4. The Bertz CT molecular complexity index is 387. The van der Waals surface area contributed by atoms with Crippen molar-refractivity contribution in [2.24, 2.45) is 0 Å². The van der Waals surface area contributed by atoms with E-state index in [2.05, 4.69) is 11.8 Å². The number of morpholine rings is 1. The fourth-order valence-electron chi connectivity index (χ4n) is 2.14. The molecule has 1 aliphatic rings. The topological polar surface area (TPSA) is 29.5 Å². The Kier molecular flexibility index (Phi) is 4.31. The van der Waals surface area contributed by atoms with Crippen LogP contribution in [0, 0.1) is 6.92 Å². The summed E-state index contributed by atoms with van der Waals surface area (Å²) in [6, 6.07) is 1.95. The van der Waals surface area contributed by atoms with Gasteiger partial charge in [0.2, 0.25) is 0 Å². The summed E-state index contributed by atoms with van der Waals surface area (Å²) >= 11 is 1.62. The van der Waals surface area contributed by atoms with Crippen LogP contribution in [0.3, 0.4) is 0 Å². The van der Waals surface area contributed by atoms with Gasteiger partial charge < -0.3 is 4.74 Å². The zero-order valence-electron chi connectivity index (χ0n) is 10.4. The van der Waals surface area contributed by atoms with Gasteiger partial charge in [0.1, 0.15) is 6.10 Å². The van der Waals surface area contributed by atoms with E-state index in [1.165, 1.54) is 4.88 Å². The van der Waals surface area contributed by atoms with Crippen LogP contribution in [0.15, 0.2) is 11.4 Å². The number of ketones is 1. The van der Waals surface area contributed by atoms with E-state index in [4.69, 9.17) is 4.74 Å². The molecule has 0 spiro atoms. The van der Waals surface area contributed by atoms with Crippen LogP contribution < -0.4 is 0 Å². The molecule has 0 bridgehead atoms. The van der Waals surface area contributed by atoms with E-state index in [1.54, 1.807) is 11.3 Å². The summed E-state index contributed by atoms with van der Waals surface area (Å²) in [5.74, 6) is 0.134. The minimum Gasteiger partial charge on any atom is -0.367 e. The fourth-order valence-corrected chi connectivity index (χ4v) is 2.83. The molecule has 17 heavy (non-hydrogen) atoms. The maximum Gasteiger partial charge on any atom is 0.193 e. The predicted molar refractivity (Wildman–Crippen MR) is 69.9 cm³/mol. The zero-order chi connectivity index (χ0) is 12.3. The molecule has 1 aromatic heterocycles. The Hall–Kier alpha value is -0.710. The van der Waals surface area contributed by atoms with Crippen molar-refractivity contribution in [3.8, 4) is 0 Å². The second-order valence-electron chi connectivity index (χ2n) is 4.47. The van der Waals surface area contributed by atoms with Crippen molar-refractivity contribution < 1.29 is 9.53 Å². The highest BCUT2D eigenvalue weighted by molar-refractivity contribution is 7.10. The van der Waals surface area contributed by atoms with Gasteiger partial charge in [-0.2, -0.15) is 0 Å². The average molecular weight is 253 g/mol. The SMILES string of the molecule is CCCN1CCOC(C(=O)c2csc(C)c2)C1. The number of ether oxygens (including phenoxy) is 1. The van der Waals surface area contributed by atoms with Gasteiger partial charge >= 0.3 is 0 Å². The Morgan fingerprint density at radius 2 is 2.47 bits per heavy atom. The molecule has 1 fully saturated rings. The standard InChI is InChI=1S/C13H19NO2S/c1-3-4-14-5-6-16-12(8-14)13(15)11-7-10(2)17-9-11/h7,9,12H,3-6,8H2,1-2H3. The summed E-state index contributed by atoms with van der Waals surface area (Å²) in [5.41, 5.74) is 0.802. The van der Waals surface area contributed by atoms with Gasteiger partial charge in [-0.05, 0) is 26.0 Å². The van der Waals surface area contributed by atoms with Crippen LogP contribution in [0.4, 0.5) is 0 Å². The first kappa shape index (κ1) is 12.7. The molecule has 1 aromatic rings. The molecule has 94 valence electrons. The van der Waals surface area contributed by atoms with Crippen LogP contribution in [0.1, 0.15) is 28.6 Å². The molecule has 2 heterocycles. The third-order valence-corrected chi connectivity index (χ3v) is 3.86. The minimum atomic E-state index is -0.274. The predicted octanol–water partition coefficient (Wildman–Crippen LogP) is 2.35. The monoisotopic (exact) mass is 253 g/mol. The van der Waals surface area contributed by atoms with Crippen LogP contribution in [0.5, 0.6) is 0 Å². The van der Waals surface area contributed by atoms with E-state index in [1.807, 2.05) is 18.4 Å². The Morgan fingerprint density at radius 3 is 3.12 bits per heavy atom. The number of thiophene rings is 1. The van der Waals surface area contributed by atoms with E-state index in [0.29, 0.717) is 6.61 Å². The quantitative estimate of drug-likeness (QED) is 0.771. The first-order valence-corrected chi connectivity index (χ1v) is 7.02. The van der Waals surface area contributed by atoms with E-state index in [0.717, 1.165) is 31.6 Å². The Morgan fingerprint density at radius 1 is 1.65 bits per heavy atom. The number of carbonyl (C=O) groups excluding carboxylic acids is 1. The van der Waals surface area contributed by atoms with Crippen molar-refractivity contribution >= 4 is 17.1 Å². The van der Waals surface area contributed by atoms with E-state index < -0.39 is 0 Å². The highest BCUT2D eigenvalue weighted by Gasteiger charge is 2.27. The molecule has 3 nitrogen and oxygen atoms in total. The maximum absolute atomic E-state index is 12.2. The Labute approximate surface area is 106 Å². The van der Waals surface area contributed by atoms with Crippen molar-refractivity contribution in [1.82, 2.24) is 4.90 Å². The number of aryl methyl sites for hydroxylation is 1. The molecule has 0 aromatic carbocycles. The number of Topliss-reactive ketones (excluding diaryl/α,β-unsaturated/α-hetero) is 1. The molecule has 1 unspecified atom stereocenters. The van der Waals surface area contributed by atoms with E-state index in [9.17, 15) is 4.79 Å². The van der Waals surface area contributed by atoms with Gasteiger partial charge in [-0.3, -0.25) is 9.69 Å². The average Bonchev–Trinajstić information content (AvgIpc) is 2.76. The normalized spacial score (nSPS) is 21.6. The number of hydrogen-bond donors (Lipinski definition) is 0. The van der Waals surface area contributed by atoms with Gasteiger partial charge in [-0.1, -0.05) is 6.92 Å². The van der Waals surface area contributed by atoms with Crippen LogP contribution in [0.25, 0.3) is 0 Å². The third kappa shape index (κ3) is 3.15. The third-order valence-electron chi connectivity index (χ3n) is 3.00. The maximum atomic E-state index is 12.2. The highest BCUT2D eigenvalue weighted by Crippen LogP contribution is 2.17. The largest absolute Gasteiger partial charge is 0.367 e. The van der Waals surface area contributed by atoms with Crippen molar-refractivity contribution in [2.75, 3.05) is 26.2 Å². The molecule has 0 radical (unpaired) electrons. The molecule has 1 saturated heterocycles. The van der Waals surface area contributed by atoms with Crippen LogP contribution in [-0.4, -0.2) is 43.0 Å². The summed E-state index contributed by atoms with van der Waals surface area (Å²) < 4.78 is 5.59. The van der Waals surface area contributed by atoms with Crippen molar-refractivity contribution in [2.45, 2.75) is 26.4 Å². The van der Waals surface area contributed by atoms with E-state index in [-0.39, 0.29) is 11.9 Å². The van der Waals surface area contributed by atoms with Gasteiger partial charge in [-0.25, -0.2) is 0 Å². The highest BCUT2D eigenvalue weighted by atomic mass is 32.1. The lowest BCUT2D eigenvalue weighted by Gasteiger charge is -2.31. The lowest BCUT2D eigenvalue weighted by molar-refractivity contribution is -0.0163. The molecular formula is C13H19NO2S. The molecule has 0 N–H and O–H groups in total. The zero-order valence-corrected chi connectivity index (χ0v) is 11.3. The lowest BCUT2D eigenvalue weighted by Crippen LogP contribution is -2.46. The summed E-state index contributed by atoms with van der Waals surface area (Å²) in [7, 11) is 0. The number of carbonyl (C=O) groups is 1. The first-order chi connectivity index (χ1) is 8.20. The molecule has 0 amide bonds. The summed E-state index contributed by atoms with van der Waals surface area (Å²) in [5, 5.41) is 1.93. The molecule has 1 aliphatic heterocycles. The molecular weight excluding hydrogens is 234 g/mol. The van der Waals surface area contributed by atoms with Crippen LogP contribution in [0.2, 0.25) is 0 Å². The first-order valence-electron chi connectivity index (χ1n) is 6.14. The molecule has 1 atom stereocenters. The lowest BCUT2D eigenvalue weighted by atomic mass is 10.1. The van der Waals surface area contributed by atoms with Crippen molar-refractivity contribution in [3.05, 3.63) is 21.9 Å². The molecule has 0 aliphatic carbocycles. The van der Waals surface area contributed by atoms with E-state index >= 15 is 0 Å². The van der Waals surface area contributed by atoms with Gasteiger partial charge in [0, 0.05) is 28.9 Å². The molecule has 0 saturated carbocycles. The van der Waals surface area contributed by atoms with Gasteiger partial charge in [-0.15, -0.1) is 11.3 Å². The van der Waals surface area contributed by atoms with Gasteiger partial charge in [0.05, 0.1) is 6.61 Å². The van der Waals surface area contributed by atoms with Gasteiger partial charge in [0.15, 0.2) is 5.78 Å². The molecule has 2 rings (SSSR count). The second kappa shape index (κ2) is 5.76. The summed E-state index contributed by atoms with van der Waals surface area (Å²) in [4.78, 5) is 15.7. The smallest absolute Gasteiger partial charge is 0.193 e. The summed E-state index contributed by atoms with van der Waals surface area (Å²) in [6.07, 6.45) is 0.850. The molecule has 4 heteroatoms. The van der Waals surface area contributed by atoms with Crippen LogP contribution >= 0.6 is 11.3 Å². The van der Waals surface area contributed by atoms with Crippen molar-refractivity contribution in [1.29, 1.82) is 0 Å². The Balaban J connectivity index is 1.99.